The summed E-state index contributed by atoms with van der Waals surface area (Å²) < 4.78 is 0. The van der Waals surface area contributed by atoms with E-state index >= 15 is 0 Å². The number of nitrogens with zero attached hydrogens (tertiary/aromatic N) is 2. The first-order chi connectivity index (χ1) is 7.68. The summed E-state index contributed by atoms with van der Waals surface area (Å²) >= 11 is 0. The molecule has 0 aromatic rings. The minimum atomic E-state index is 0.259. The third kappa shape index (κ3) is 2.48. The molecule has 2 heterocycles. The number of piperazine rings is 1. The maximum Gasteiger partial charge on any atom is 0.320 e. The van der Waals surface area contributed by atoms with Crippen molar-refractivity contribution in [3.63, 3.8) is 0 Å². The second kappa shape index (κ2) is 5.04. The molecular weight excluding hydrogens is 202 g/mol. The fourth-order valence-electron chi connectivity index (χ4n) is 2.57. The predicted molar refractivity (Wildman–Crippen MR) is 64.4 cm³/mol. The first kappa shape index (κ1) is 11.7. The number of nitrogens with one attached hydrogen (secondary N) is 1. The Morgan fingerprint density at radius 3 is 3.00 bits per heavy atom. The molecule has 1 atom stereocenters. The Morgan fingerprint density at radius 2 is 2.31 bits per heavy atom. The molecule has 2 fully saturated rings. The lowest BCUT2D eigenvalue weighted by atomic mass is 10.1. The van der Waals surface area contributed by atoms with Crippen molar-refractivity contribution < 1.29 is 4.79 Å². The second-order valence-corrected chi connectivity index (χ2v) is 5.32. The fourth-order valence-corrected chi connectivity index (χ4v) is 2.57. The molecule has 0 aromatic carbocycles. The Labute approximate surface area is 98.0 Å². The molecule has 0 saturated carbocycles. The predicted octanol–water partition coefficient (Wildman–Crippen LogP) is 1.13. The summed E-state index contributed by atoms with van der Waals surface area (Å²) in [6.07, 6.45) is 2.35. The SMILES string of the molecule is CC(C)CCCN1CC2CNCCN2C1=O. The molecule has 2 saturated heterocycles. The van der Waals surface area contributed by atoms with E-state index < -0.39 is 0 Å². The highest BCUT2D eigenvalue weighted by atomic mass is 16.2. The van der Waals surface area contributed by atoms with Gasteiger partial charge in [-0.15, -0.1) is 0 Å². The van der Waals surface area contributed by atoms with Crippen molar-refractivity contribution in [2.24, 2.45) is 5.92 Å². The standard InChI is InChI=1S/C12H23N3O/c1-10(2)4-3-6-14-9-11-8-13-5-7-15(11)12(14)16/h10-11,13H,3-9H2,1-2H3. The normalized spacial score (nSPS) is 25.4. The van der Waals surface area contributed by atoms with Crippen LogP contribution in [0.25, 0.3) is 0 Å². The van der Waals surface area contributed by atoms with Crippen molar-refractivity contribution in [1.29, 1.82) is 0 Å². The number of fused-ring (bicyclic) bond motifs is 1. The summed E-state index contributed by atoms with van der Waals surface area (Å²) in [7, 11) is 0. The quantitative estimate of drug-likeness (QED) is 0.778. The van der Waals surface area contributed by atoms with E-state index in [1.807, 2.05) is 9.80 Å². The molecule has 0 spiro atoms. The van der Waals surface area contributed by atoms with Gasteiger partial charge in [-0.05, 0) is 18.8 Å². The van der Waals surface area contributed by atoms with Crippen LogP contribution in [0.1, 0.15) is 26.7 Å². The largest absolute Gasteiger partial charge is 0.323 e. The fraction of sp³-hybridized carbons (Fsp3) is 0.917. The van der Waals surface area contributed by atoms with Crippen LogP contribution in [0.2, 0.25) is 0 Å². The van der Waals surface area contributed by atoms with Crippen LogP contribution >= 0.6 is 0 Å². The zero-order chi connectivity index (χ0) is 11.5. The van der Waals surface area contributed by atoms with Crippen molar-refractivity contribution in [3.05, 3.63) is 0 Å². The maximum atomic E-state index is 12.0. The van der Waals surface area contributed by atoms with Gasteiger partial charge in [-0.1, -0.05) is 13.8 Å². The summed E-state index contributed by atoms with van der Waals surface area (Å²) in [6.45, 7) is 9.12. The maximum absolute atomic E-state index is 12.0. The molecule has 1 unspecified atom stereocenters. The van der Waals surface area contributed by atoms with Crippen LogP contribution < -0.4 is 5.32 Å². The van der Waals surface area contributed by atoms with Gasteiger partial charge < -0.3 is 15.1 Å². The second-order valence-electron chi connectivity index (χ2n) is 5.32. The van der Waals surface area contributed by atoms with Gasteiger partial charge in [0.25, 0.3) is 0 Å². The highest BCUT2D eigenvalue weighted by Crippen LogP contribution is 2.18. The summed E-state index contributed by atoms with van der Waals surface area (Å²) in [6, 6.07) is 0.676. The summed E-state index contributed by atoms with van der Waals surface area (Å²) in [5.41, 5.74) is 0. The van der Waals surface area contributed by atoms with E-state index in [9.17, 15) is 4.79 Å². The van der Waals surface area contributed by atoms with Gasteiger partial charge in [0, 0.05) is 32.7 Å². The highest BCUT2D eigenvalue weighted by molar-refractivity contribution is 5.77. The Bertz CT molecular complexity index is 255. The molecule has 0 aliphatic carbocycles. The zero-order valence-corrected chi connectivity index (χ0v) is 10.4. The summed E-state index contributed by atoms with van der Waals surface area (Å²) in [5, 5.41) is 3.35. The van der Waals surface area contributed by atoms with Gasteiger partial charge in [-0.2, -0.15) is 0 Å². The molecule has 16 heavy (non-hydrogen) atoms. The van der Waals surface area contributed by atoms with Crippen LogP contribution in [-0.4, -0.2) is 54.6 Å². The van der Waals surface area contributed by atoms with Gasteiger partial charge in [0.05, 0.1) is 6.04 Å². The van der Waals surface area contributed by atoms with Gasteiger partial charge in [0.2, 0.25) is 0 Å². The lowest BCUT2D eigenvalue weighted by Crippen LogP contribution is -2.49. The van der Waals surface area contributed by atoms with Crippen LogP contribution in [0, 0.1) is 5.92 Å². The Morgan fingerprint density at radius 1 is 1.50 bits per heavy atom. The first-order valence-corrected chi connectivity index (χ1v) is 6.44. The number of carbonyl (C=O) groups excluding carboxylic acids is 1. The number of rotatable bonds is 4. The minimum absolute atomic E-state index is 0.259. The van der Waals surface area contributed by atoms with Crippen LogP contribution in [0.5, 0.6) is 0 Å². The zero-order valence-electron chi connectivity index (χ0n) is 10.4. The smallest absolute Gasteiger partial charge is 0.320 e. The molecule has 0 bridgehead atoms. The molecule has 0 radical (unpaired) electrons. The minimum Gasteiger partial charge on any atom is -0.323 e. The Hall–Kier alpha value is -0.770. The third-order valence-corrected chi connectivity index (χ3v) is 3.51. The van der Waals surface area contributed by atoms with E-state index in [1.54, 1.807) is 0 Å². The average molecular weight is 225 g/mol. The van der Waals surface area contributed by atoms with E-state index in [0.29, 0.717) is 6.04 Å². The molecule has 2 aliphatic heterocycles. The van der Waals surface area contributed by atoms with Crippen LogP contribution in [0.15, 0.2) is 0 Å². The van der Waals surface area contributed by atoms with E-state index in [1.165, 1.54) is 6.42 Å². The monoisotopic (exact) mass is 225 g/mol. The first-order valence-electron chi connectivity index (χ1n) is 6.44. The van der Waals surface area contributed by atoms with Crippen molar-refractivity contribution >= 4 is 6.03 Å². The van der Waals surface area contributed by atoms with Crippen molar-refractivity contribution in [3.8, 4) is 0 Å². The van der Waals surface area contributed by atoms with Gasteiger partial charge in [-0.3, -0.25) is 0 Å². The van der Waals surface area contributed by atoms with Gasteiger partial charge in [-0.25, -0.2) is 4.79 Å². The number of urea groups is 1. The highest BCUT2D eigenvalue weighted by Gasteiger charge is 2.37. The topological polar surface area (TPSA) is 35.6 Å². The average Bonchev–Trinajstić information content (AvgIpc) is 2.56. The van der Waals surface area contributed by atoms with E-state index in [2.05, 4.69) is 19.2 Å². The number of amides is 2. The molecular formula is C12H23N3O. The molecule has 2 amide bonds. The molecule has 1 N–H and O–H groups in total. The lowest BCUT2D eigenvalue weighted by Gasteiger charge is -2.28. The summed E-state index contributed by atoms with van der Waals surface area (Å²) in [5.74, 6) is 0.738. The molecule has 4 nitrogen and oxygen atoms in total. The van der Waals surface area contributed by atoms with Crippen LogP contribution in [-0.2, 0) is 0 Å². The molecule has 2 rings (SSSR count). The van der Waals surface area contributed by atoms with Gasteiger partial charge >= 0.3 is 6.03 Å². The van der Waals surface area contributed by atoms with Crippen molar-refractivity contribution in [1.82, 2.24) is 15.1 Å². The molecule has 0 aromatic heterocycles. The number of carbonyl (C=O) groups is 1. The van der Waals surface area contributed by atoms with Gasteiger partial charge in [0.1, 0.15) is 0 Å². The van der Waals surface area contributed by atoms with Crippen molar-refractivity contribution in [2.75, 3.05) is 32.7 Å². The molecule has 2 aliphatic rings. The van der Waals surface area contributed by atoms with Crippen LogP contribution in [0.4, 0.5) is 4.79 Å². The van der Waals surface area contributed by atoms with E-state index in [-0.39, 0.29) is 6.03 Å². The number of hydrogen-bond acceptors (Lipinski definition) is 2. The Kier molecular flexibility index (Phi) is 3.69. The molecule has 4 heteroatoms. The van der Waals surface area contributed by atoms with Crippen molar-refractivity contribution in [2.45, 2.75) is 32.7 Å². The van der Waals surface area contributed by atoms with Crippen LogP contribution in [0.3, 0.4) is 0 Å². The number of hydrogen-bond donors (Lipinski definition) is 1. The molecule has 92 valence electrons. The van der Waals surface area contributed by atoms with E-state index in [4.69, 9.17) is 0 Å². The Balaban J connectivity index is 1.81. The lowest BCUT2D eigenvalue weighted by molar-refractivity contribution is 0.178. The third-order valence-electron chi connectivity index (χ3n) is 3.51. The summed E-state index contributed by atoms with van der Waals surface area (Å²) in [4.78, 5) is 16.1. The van der Waals surface area contributed by atoms with E-state index in [0.717, 1.165) is 45.1 Å². The van der Waals surface area contributed by atoms with Gasteiger partial charge in [0.15, 0.2) is 0 Å².